The summed E-state index contributed by atoms with van der Waals surface area (Å²) in [5.41, 5.74) is 0. The maximum absolute atomic E-state index is 5.92. The summed E-state index contributed by atoms with van der Waals surface area (Å²) in [6.45, 7) is 5.31. The fraction of sp³-hybridized carbons (Fsp3) is 0.571. The van der Waals surface area contributed by atoms with E-state index in [4.69, 9.17) is 4.74 Å². The molecule has 1 rings (SSSR count). The minimum atomic E-state index is 0.680. The lowest BCUT2D eigenvalue weighted by molar-refractivity contribution is 0.232. The van der Waals surface area contributed by atoms with Gasteiger partial charge in [0.05, 0.1) is 11.1 Å². The smallest absolute Gasteiger partial charge is 0.134 e. The lowest BCUT2D eigenvalue weighted by Crippen LogP contribution is -2.11. The van der Waals surface area contributed by atoms with Gasteiger partial charge in [0, 0.05) is 3.57 Å². The van der Waals surface area contributed by atoms with Crippen molar-refractivity contribution in [3.05, 3.63) is 26.2 Å². The molecular formula is C14H20BrIO. The van der Waals surface area contributed by atoms with Crippen molar-refractivity contribution in [2.75, 3.05) is 6.61 Å². The molecule has 1 aromatic rings. The Hall–Kier alpha value is 0.230. The molecule has 0 aliphatic carbocycles. The Labute approximate surface area is 127 Å². The van der Waals surface area contributed by atoms with Crippen molar-refractivity contribution in [1.82, 2.24) is 0 Å². The van der Waals surface area contributed by atoms with Crippen LogP contribution >= 0.6 is 38.5 Å². The molecule has 0 N–H and O–H groups in total. The van der Waals surface area contributed by atoms with Gasteiger partial charge >= 0.3 is 0 Å². The number of benzene rings is 1. The number of hydrogen-bond acceptors (Lipinski definition) is 1. The molecule has 0 aliphatic heterocycles. The molecular weight excluding hydrogens is 391 g/mol. The van der Waals surface area contributed by atoms with E-state index in [0.29, 0.717) is 5.92 Å². The molecule has 1 aromatic carbocycles. The highest BCUT2D eigenvalue weighted by Gasteiger charge is 2.09. The highest BCUT2D eigenvalue weighted by Crippen LogP contribution is 2.30. The molecule has 0 saturated carbocycles. The second kappa shape index (κ2) is 8.35. The van der Waals surface area contributed by atoms with Crippen LogP contribution in [0, 0.1) is 9.49 Å². The molecule has 0 bridgehead atoms. The molecule has 0 aromatic heterocycles. The highest BCUT2D eigenvalue weighted by atomic mass is 127. The molecule has 0 radical (unpaired) electrons. The standard InChI is InChI=1S/C14H20BrIO/c1-3-5-7-11(4-2)10-17-13-9-6-8-12(16)14(13)15/h6,8-9,11H,3-5,7,10H2,1-2H3. The van der Waals surface area contributed by atoms with Gasteiger partial charge in [-0.3, -0.25) is 0 Å². The summed E-state index contributed by atoms with van der Waals surface area (Å²) in [5, 5.41) is 0. The van der Waals surface area contributed by atoms with Crippen molar-refractivity contribution in [1.29, 1.82) is 0 Å². The summed E-state index contributed by atoms with van der Waals surface area (Å²) in [6, 6.07) is 6.14. The number of halogens is 2. The first kappa shape index (κ1) is 15.3. The molecule has 1 unspecified atom stereocenters. The molecule has 0 spiro atoms. The molecule has 0 heterocycles. The number of rotatable bonds is 7. The van der Waals surface area contributed by atoms with E-state index in [1.54, 1.807) is 0 Å². The third-order valence-electron chi connectivity index (χ3n) is 2.93. The van der Waals surface area contributed by atoms with Gasteiger partial charge in [-0.2, -0.15) is 0 Å². The maximum Gasteiger partial charge on any atom is 0.134 e. The molecule has 0 fully saturated rings. The van der Waals surface area contributed by atoms with Crippen molar-refractivity contribution in [3.8, 4) is 5.75 Å². The number of unbranched alkanes of at least 4 members (excludes halogenated alkanes) is 1. The van der Waals surface area contributed by atoms with Gasteiger partial charge in [-0.1, -0.05) is 39.2 Å². The van der Waals surface area contributed by atoms with Crippen LogP contribution < -0.4 is 4.74 Å². The lowest BCUT2D eigenvalue weighted by atomic mass is 10.0. The van der Waals surface area contributed by atoms with E-state index in [1.807, 2.05) is 12.1 Å². The van der Waals surface area contributed by atoms with Crippen molar-refractivity contribution in [2.45, 2.75) is 39.5 Å². The van der Waals surface area contributed by atoms with Crippen molar-refractivity contribution in [3.63, 3.8) is 0 Å². The van der Waals surface area contributed by atoms with Gasteiger partial charge < -0.3 is 4.74 Å². The summed E-state index contributed by atoms with van der Waals surface area (Å²) in [6.07, 6.45) is 5.04. The zero-order valence-electron chi connectivity index (χ0n) is 10.5. The third kappa shape index (κ3) is 5.16. The SMILES string of the molecule is CCCCC(CC)COc1cccc(I)c1Br. The zero-order chi connectivity index (χ0) is 12.7. The van der Waals surface area contributed by atoms with Crippen LogP contribution in [0.2, 0.25) is 0 Å². The van der Waals surface area contributed by atoms with Crippen LogP contribution in [-0.2, 0) is 0 Å². The van der Waals surface area contributed by atoms with Crippen LogP contribution in [-0.4, -0.2) is 6.61 Å². The van der Waals surface area contributed by atoms with E-state index in [-0.39, 0.29) is 0 Å². The zero-order valence-corrected chi connectivity index (χ0v) is 14.3. The first-order chi connectivity index (χ1) is 8.19. The van der Waals surface area contributed by atoms with Gasteiger partial charge in [-0.25, -0.2) is 0 Å². The van der Waals surface area contributed by atoms with Gasteiger partial charge in [0.25, 0.3) is 0 Å². The number of hydrogen-bond donors (Lipinski definition) is 0. The predicted molar refractivity (Wildman–Crippen MR) is 85.7 cm³/mol. The Bertz CT molecular complexity index is 341. The Kier molecular flexibility index (Phi) is 7.51. The molecule has 96 valence electrons. The van der Waals surface area contributed by atoms with Crippen LogP contribution in [0.1, 0.15) is 39.5 Å². The van der Waals surface area contributed by atoms with E-state index in [1.165, 1.54) is 29.3 Å². The highest BCUT2D eigenvalue weighted by molar-refractivity contribution is 14.1. The first-order valence-corrected chi connectivity index (χ1v) is 8.13. The van der Waals surface area contributed by atoms with E-state index in [0.717, 1.165) is 16.8 Å². The van der Waals surface area contributed by atoms with Crippen LogP contribution in [0.3, 0.4) is 0 Å². The van der Waals surface area contributed by atoms with Gasteiger partial charge in [0.2, 0.25) is 0 Å². The molecule has 1 atom stereocenters. The van der Waals surface area contributed by atoms with Crippen LogP contribution in [0.15, 0.2) is 22.7 Å². The van der Waals surface area contributed by atoms with Crippen LogP contribution in [0.5, 0.6) is 5.75 Å². The van der Waals surface area contributed by atoms with Crippen molar-refractivity contribution in [2.24, 2.45) is 5.92 Å². The monoisotopic (exact) mass is 410 g/mol. The largest absolute Gasteiger partial charge is 0.492 e. The Balaban J connectivity index is 2.50. The second-order valence-corrected chi connectivity index (χ2v) is 6.23. The summed E-state index contributed by atoms with van der Waals surface area (Å²) < 4.78 is 8.19. The molecule has 0 aliphatic rings. The van der Waals surface area contributed by atoms with E-state index < -0.39 is 0 Å². The molecule has 3 heteroatoms. The molecule has 0 amide bonds. The lowest BCUT2D eigenvalue weighted by Gasteiger charge is -2.16. The van der Waals surface area contributed by atoms with Gasteiger partial charge in [0.1, 0.15) is 5.75 Å². The summed E-state index contributed by atoms with van der Waals surface area (Å²) in [5.74, 6) is 1.64. The second-order valence-electron chi connectivity index (χ2n) is 4.28. The Morgan fingerprint density at radius 3 is 2.76 bits per heavy atom. The Morgan fingerprint density at radius 1 is 1.35 bits per heavy atom. The average Bonchev–Trinajstić information content (AvgIpc) is 2.34. The van der Waals surface area contributed by atoms with Gasteiger partial charge in [-0.05, 0) is 63.0 Å². The minimum Gasteiger partial charge on any atom is -0.492 e. The maximum atomic E-state index is 5.92. The minimum absolute atomic E-state index is 0.680. The number of ether oxygens (including phenoxy) is 1. The van der Waals surface area contributed by atoms with Gasteiger partial charge in [0.15, 0.2) is 0 Å². The third-order valence-corrected chi connectivity index (χ3v) is 5.39. The molecule has 0 saturated heterocycles. The van der Waals surface area contributed by atoms with Gasteiger partial charge in [-0.15, -0.1) is 0 Å². The Morgan fingerprint density at radius 2 is 2.12 bits per heavy atom. The van der Waals surface area contributed by atoms with E-state index in [9.17, 15) is 0 Å². The fourth-order valence-corrected chi connectivity index (χ4v) is 2.55. The van der Waals surface area contributed by atoms with Crippen molar-refractivity contribution >= 4 is 38.5 Å². The normalized spacial score (nSPS) is 12.5. The summed E-state index contributed by atoms with van der Waals surface area (Å²) in [4.78, 5) is 0. The first-order valence-electron chi connectivity index (χ1n) is 6.25. The van der Waals surface area contributed by atoms with Crippen LogP contribution in [0.4, 0.5) is 0 Å². The fourth-order valence-electron chi connectivity index (χ4n) is 1.70. The quantitative estimate of drug-likeness (QED) is 0.527. The van der Waals surface area contributed by atoms with E-state index >= 15 is 0 Å². The summed E-state index contributed by atoms with van der Waals surface area (Å²) in [7, 11) is 0. The average molecular weight is 411 g/mol. The molecule has 17 heavy (non-hydrogen) atoms. The molecule has 1 nitrogen and oxygen atoms in total. The van der Waals surface area contributed by atoms with E-state index in [2.05, 4.69) is 58.4 Å². The predicted octanol–water partition coefficient (Wildman–Crippen LogP) is 5.65. The van der Waals surface area contributed by atoms with Crippen molar-refractivity contribution < 1.29 is 4.74 Å². The summed E-state index contributed by atoms with van der Waals surface area (Å²) >= 11 is 5.88. The van der Waals surface area contributed by atoms with Crippen LogP contribution in [0.25, 0.3) is 0 Å². The topological polar surface area (TPSA) is 9.23 Å².